The minimum absolute atomic E-state index is 0.128. The molecule has 0 saturated carbocycles. The summed E-state index contributed by atoms with van der Waals surface area (Å²) in [4.78, 5) is 11.2. The number of nitrogens with two attached hydrogens (primary N) is 2. The van der Waals surface area contributed by atoms with Crippen molar-refractivity contribution in [2.24, 2.45) is 5.73 Å². The van der Waals surface area contributed by atoms with Crippen molar-refractivity contribution < 1.29 is 9.53 Å². The number of hydrogen-bond donors (Lipinski definition) is 3. The number of aromatic nitrogens is 1. The van der Waals surface area contributed by atoms with E-state index in [2.05, 4.69) is 16.6 Å². The maximum absolute atomic E-state index is 11.2. The van der Waals surface area contributed by atoms with Gasteiger partial charge in [0.2, 0.25) is 0 Å². The van der Waals surface area contributed by atoms with Crippen LogP contribution in [0, 0.1) is 0 Å². The quantitative estimate of drug-likeness (QED) is 0.678. The lowest BCUT2D eigenvalue weighted by molar-refractivity contribution is 0.100. The number of nitrogens with one attached hydrogen (secondary N) is 1. The number of ether oxygens (including phenoxy) is 1. The van der Waals surface area contributed by atoms with Crippen LogP contribution in [0.25, 0.3) is 0 Å². The molecule has 96 valence electrons. The molecule has 7 heteroatoms. The topological polar surface area (TPSA) is 103 Å². The van der Waals surface area contributed by atoms with Crippen molar-refractivity contribution in [2.75, 3.05) is 24.8 Å². The Morgan fingerprint density at radius 1 is 1.65 bits per heavy atom. The third-order valence-electron chi connectivity index (χ3n) is 2.31. The summed E-state index contributed by atoms with van der Waals surface area (Å²) in [5.74, 6) is -0.385. The maximum Gasteiger partial charge on any atom is 0.255 e. The first-order valence-electron chi connectivity index (χ1n) is 5.40. The smallest absolute Gasteiger partial charge is 0.255 e. The first kappa shape index (κ1) is 13.7. The number of hydrogen-bond acceptors (Lipinski definition) is 6. The predicted molar refractivity (Wildman–Crippen MR) is 69.2 cm³/mol. The Bertz CT molecular complexity index is 374. The number of rotatable bonds is 7. The second-order valence-electron chi connectivity index (χ2n) is 3.72. The van der Waals surface area contributed by atoms with E-state index in [9.17, 15) is 4.79 Å². The van der Waals surface area contributed by atoms with E-state index in [0.29, 0.717) is 11.6 Å². The van der Waals surface area contributed by atoms with E-state index in [0.717, 1.165) is 24.4 Å². The minimum Gasteiger partial charge on any atom is -0.383 e. The molecule has 1 aromatic heterocycles. The largest absolute Gasteiger partial charge is 0.383 e. The molecule has 0 aromatic carbocycles. The lowest BCUT2D eigenvalue weighted by Gasteiger charge is -2.17. The molecule has 0 aliphatic rings. The van der Waals surface area contributed by atoms with E-state index < -0.39 is 5.91 Å². The summed E-state index contributed by atoms with van der Waals surface area (Å²) >= 11 is 1.14. The number of carbonyl (C=O) groups is 1. The molecule has 0 radical (unpaired) electrons. The minimum atomic E-state index is -0.564. The van der Waals surface area contributed by atoms with E-state index in [4.69, 9.17) is 16.2 Å². The third-order valence-corrected chi connectivity index (χ3v) is 3.10. The molecular formula is C10H18N4O2S. The van der Waals surface area contributed by atoms with Gasteiger partial charge in [0.25, 0.3) is 5.91 Å². The number of amides is 1. The first-order valence-corrected chi connectivity index (χ1v) is 6.17. The highest BCUT2D eigenvalue weighted by Gasteiger charge is 2.19. The van der Waals surface area contributed by atoms with Gasteiger partial charge in [0.15, 0.2) is 5.82 Å². The highest BCUT2D eigenvalue weighted by Crippen LogP contribution is 2.27. The fourth-order valence-corrected chi connectivity index (χ4v) is 2.37. The molecule has 0 bridgehead atoms. The molecular weight excluding hydrogens is 240 g/mol. The van der Waals surface area contributed by atoms with Crippen LogP contribution in [0.4, 0.5) is 10.8 Å². The standard InChI is InChI=1S/C10H18N4O2S/c1-3-4-6(5-16-2)13-10-7(9(12)15)8(11)14-17-10/h6,13H,3-5H2,1-2H3,(H2,11,14)(H2,12,15). The Morgan fingerprint density at radius 2 is 2.35 bits per heavy atom. The van der Waals surface area contributed by atoms with Crippen LogP contribution in [0.5, 0.6) is 0 Å². The number of methoxy groups -OCH3 is 1. The van der Waals surface area contributed by atoms with Gasteiger partial charge >= 0.3 is 0 Å². The van der Waals surface area contributed by atoms with Crippen LogP contribution in [0.2, 0.25) is 0 Å². The Hall–Kier alpha value is -1.34. The Kier molecular flexibility index (Phi) is 5.17. The van der Waals surface area contributed by atoms with Gasteiger partial charge in [-0.3, -0.25) is 4.79 Å². The highest BCUT2D eigenvalue weighted by atomic mass is 32.1. The van der Waals surface area contributed by atoms with Crippen molar-refractivity contribution in [3.8, 4) is 0 Å². The summed E-state index contributed by atoms with van der Waals surface area (Å²) in [6.07, 6.45) is 1.95. The zero-order chi connectivity index (χ0) is 12.8. The van der Waals surface area contributed by atoms with Crippen LogP contribution in [0.1, 0.15) is 30.1 Å². The molecule has 6 nitrogen and oxygen atoms in total. The third kappa shape index (κ3) is 3.57. The molecule has 1 aromatic rings. The van der Waals surface area contributed by atoms with E-state index >= 15 is 0 Å². The Labute approximate surface area is 104 Å². The van der Waals surface area contributed by atoms with Gasteiger partial charge < -0.3 is 21.5 Å². The molecule has 1 unspecified atom stereocenters. The van der Waals surface area contributed by atoms with Gasteiger partial charge in [-0.2, -0.15) is 4.37 Å². The van der Waals surface area contributed by atoms with E-state index in [1.54, 1.807) is 7.11 Å². The van der Waals surface area contributed by atoms with Crippen LogP contribution in [0.3, 0.4) is 0 Å². The number of carbonyl (C=O) groups excluding carboxylic acids is 1. The van der Waals surface area contributed by atoms with Gasteiger partial charge in [-0.25, -0.2) is 0 Å². The molecule has 5 N–H and O–H groups in total. The average Bonchev–Trinajstić information content (AvgIpc) is 2.60. The second kappa shape index (κ2) is 6.41. The summed E-state index contributed by atoms with van der Waals surface area (Å²) in [5.41, 5.74) is 11.1. The van der Waals surface area contributed by atoms with Crippen molar-refractivity contribution in [1.82, 2.24) is 4.37 Å². The molecule has 0 fully saturated rings. The summed E-state index contributed by atoms with van der Waals surface area (Å²) < 4.78 is 9.04. The van der Waals surface area contributed by atoms with E-state index in [1.165, 1.54) is 0 Å². The highest BCUT2D eigenvalue weighted by molar-refractivity contribution is 7.11. The van der Waals surface area contributed by atoms with E-state index in [1.807, 2.05) is 0 Å². The van der Waals surface area contributed by atoms with Crippen molar-refractivity contribution in [1.29, 1.82) is 0 Å². The first-order chi connectivity index (χ1) is 8.10. The predicted octanol–water partition coefficient (Wildman–Crippen LogP) is 1.05. The second-order valence-corrected chi connectivity index (χ2v) is 4.49. The van der Waals surface area contributed by atoms with E-state index in [-0.39, 0.29) is 17.4 Å². The molecule has 1 heterocycles. The lowest BCUT2D eigenvalue weighted by Crippen LogP contribution is -2.26. The van der Waals surface area contributed by atoms with Gasteiger partial charge in [-0.1, -0.05) is 13.3 Å². The van der Waals surface area contributed by atoms with Gasteiger partial charge in [-0.05, 0) is 18.0 Å². The van der Waals surface area contributed by atoms with Crippen LogP contribution in [-0.2, 0) is 4.74 Å². The molecule has 0 aliphatic heterocycles. The Balaban J connectivity index is 2.81. The molecule has 1 amide bonds. The maximum atomic E-state index is 11.2. The Morgan fingerprint density at radius 3 is 2.88 bits per heavy atom. The number of nitrogens with zero attached hydrogens (tertiary/aromatic N) is 1. The fraction of sp³-hybridized carbons (Fsp3) is 0.600. The monoisotopic (exact) mass is 258 g/mol. The molecule has 0 aliphatic carbocycles. The van der Waals surface area contributed by atoms with Crippen molar-refractivity contribution in [3.05, 3.63) is 5.56 Å². The summed E-state index contributed by atoms with van der Waals surface area (Å²) in [7, 11) is 1.64. The normalized spacial score (nSPS) is 12.4. The van der Waals surface area contributed by atoms with Gasteiger partial charge in [-0.15, -0.1) is 0 Å². The zero-order valence-electron chi connectivity index (χ0n) is 10.0. The van der Waals surface area contributed by atoms with Crippen LogP contribution in [0.15, 0.2) is 0 Å². The van der Waals surface area contributed by atoms with Crippen LogP contribution in [-0.4, -0.2) is 30.0 Å². The van der Waals surface area contributed by atoms with Crippen molar-refractivity contribution in [3.63, 3.8) is 0 Å². The number of nitrogen functional groups attached to an aromatic ring is 1. The molecule has 1 atom stereocenters. The van der Waals surface area contributed by atoms with Crippen molar-refractivity contribution in [2.45, 2.75) is 25.8 Å². The average molecular weight is 258 g/mol. The van der Waals surface area contributed by atoms with Gasteiger partial charge in [0, 0.05) is 7.11 Å². The van der Waals surface area contributed by atoms with Gasteiger partial charge in [0.1, 0.15) is 10.6 Å². The SMILES string of the molecule is CCCC(COC)Nc1snc(N)c1C(N)=O. The summed E-state index contributed by atoms with van der Waals surface area (Å²) in [6.45, 7) is 2.64. The fourth-order valence-electron chi connectivity index (χ4n) is 1.57. The summed E-state index contributed by atoms with van der Waals surface area (Å²) in [5, 5.41) is 3.82. The van der Waals surface area contributed by atoms with Crippen molar-refractivity contribution >= 4 is 28.3 Å². The number of primary amides is 1. The van der Waals surface area contributed by atoms with Gasteiger partial charge in [0.05, 0.1) is 12.6 Å². The lowest BCUT2D eigenvalue weighted by atomic mass is 10.2. The zero-order valence-corrected chi connectivity index (χ0v) is 10.8. The van der Waals surface area contributed by atoms with Crippen LogP contribution < -0.4 is 16.8 Å². The molecule has 17 heavy (non-hydrogen) atoms. The van der Waals surface area contributed by atoms with Crippen LogP contribution >= 0.6 is 11.5 Å². The molecule has 0 saturated heterocycles. The summed E-state index contributed by atoms with van der Waals surface area (Å²) in [6, 6.07) is 0.128. The molecule has 1 rings (SSSR count). The molecule has 0 spiro atoms. The number of anilines is 2.